The van der Waals surface area contributed by atoms with Gasteiger partial charge < -0.3 is 25.3 Å². The normalized spacial score (nSPS) is 14.5. The highest BCUT2D eigenvalue weighted by atomic mass is 16.7. The minimum atomic E-state index is -1.68. The molecule has 140 valence electrons. The van der Waals surface area contributed by atoms with E-state index in [0.717, 1.165) is 5.56 Å². The van der Waals surface area contributed by atoms with E-state index in [1.54, 1.807) is 20.8 Å². The Kier molecular flexibility index (Phi) is 6.56. The van der Waals surface area contributed by atoms with Crippen LogP contribution in [0.5, 0.6) is 0 Å². The fourth-order valence-corrected chi connectivity index (χ4v) is 2.50. The van der Waals surface area contributed by atoms with Crippen molar-refractivity contribution in [1.29, 1.82) is 0 Å². The molecular weight excluding hydrogens is 324 g/mol. The first kappa shape index (κ1) is 20.9. The number of primary amides is 1. The molecule has 2 amide bonds. The van der Waals surface area contributed by atoms with Crippen LogP contribution in [0, 0.1) is 0 Å². The molecule has 0 aromatic heterocycles. The fraction of sp³-hybridized carbons (Fsp3) is 0.556. The molecule has 0 aliphatic rings. The van der Waals surface area contributed by atoms with Gasteiger partial charge in [0.15, 0.2) is 11.3 Å². The van der Waals surface area contributed by atoms with Gasteiger partial charge in [0.2, 0.25) is 5.91 Å². The SMILES string of the molecule is COC(C)(OC)C(Cc1ccccc1)(NC(=O)OC(C)(C)C)C(N)=O. The molecule has 25 heavy (non-hydrogen) atoms. The topological polar surface area (TPSA) is 99.9 Å². The van der Waals surface area contributed by atoms with Gasteiger partial charge in [-0.05, 0) is 33.3 Å². The van der Waals surface area contributed by atoms with Gasteiger partial charge in [-0.1, -0.05) is 30.3 Å². The summed E-state index contributed by atoms with van der Waals surface area (Å²) in [6.07, 6.45) is -0.719. The van der Waals surface area contributed by atoms with Gasteiger partial charge >= 0.3 is 6.09 Å². The van der Waals surface area contributed by atoms with Gasteiger partial charge in [0.1, 0.15) is 5.60 Å². The molecule has 1 aromatic rings. The number of nitrogens with two attached hydrogens (primary N) is 1. The van der Waals surface area contributed by atoms with Crippen molar-refractivity contribution in [3.05, 3.63) is 35.9 Å². The number of amides is 2. The number of alkyl carbamates (subject to hydrolysis) is 1. The van der Waals surface area contributed by atoms with E-state index < -0.39 is 28.9 Å². The summed E-state index contributed by atoms with van der Waals surface area (Å²) < 4.78 is 16.1. The predicted octanol–water partition coefficient (Wildman–Crippen LogP) is 1.99. The number of nitrogens with one attached hydrogen (secondary N) is 1. The van der Waals surface area contributed by atoms with Crippen LogP contribution in [0.3, 0.4) is 0 Å². The molecule has 0 fully saturated rings. The molecule has 0 aliphatic carbocycles. The van der Waals surface area contributed by atoms with E-state index in [4.69, 9.17) is 19.9 Å². The third-order valence-corrected chi connectivity index (χ3v) is 4.00. The standard InChI is InChI=1S/C18H28N2O5/c1-16(2,3)25-15(22)20-18(14(19)21,17(4,23-5)24-6)12-13-10-8-7-9-11-13/h7-11H,12H2,1-6H3,(H2,19,21)(H,20,22). The lowest BCUT2D eigenvalue weighted by Crippen LogP contribution is -2.72. The number of hydrogen-bond donors (Lipinski definition) is 2. The van der Waals surface area contributed by atoms with E-state index in [2.05, 4.69) is 5.32 Å². The number of carbonyl (C=O) groups excluding carboxylic acids is 2. The second-order valence-corrected chi connectivity index (χ2v) is 6.91. The average Bonchev–Trinajstić information content (AvgIpc) is 2.52. The molecule has 0 heterocycles. The third-order valence-electron chi connectivity index (χ3n) is 4.00. The summed E-state index contributed by atoms with van der Waals surface area (Å²) in [6, 6.07) is 9.14. The first-order valence-electron chi connectivity index (χ1n) is 7.95. The molecule has 7 nitrogen and oxygen atoms in total. The van der Waals surface area contributed by atoms with Gasteiger partial charge in [0.25, 0.3) is 0 Å². The van der Waals surface area contributed by atoms with Crippen molar-refractivity contribution in [3.63, 3.8) is 0 Å². The Morgan fingerprint density at radius 3 is 1.96 bits per heavy atom. The number of methoxy groups -OCH3 is 2. The summed E-state index contributed by atoms with van der Waals surface area (Å²) in [6.45, 7) is 6.71. The summed E-state index contributed by atoms with van der Waals surface area (Å²) in [5.74, 6) is -2.31. The molecule has 0 aliphatic heterocycles. The van der Waals surface area contributed by atoms with Crippen molar-refractivity contribution in [2.75, 3.05) is 14.2 Å². The van der Waals surface area contributed by atoms with Crippen LogP contribution in [0.15, 0.2) is 30.3 Å². The van der Waals surface area contributed by atoms with Gasteiger partial charge in [0, 0.05) is 20.6 Å². The lowest BCUT2D eigenvalue weighted by molar-refractivity contribution is -0.237. The fourth-order valence-electron chi connectivity index (χ4n) is 2.50. The Balaban J connectivity index is 3.36. The Morgan fingerprint density at radius 2 is 1.56 bits per heavy atom. The molecule has 0 bridgehead atoms. The largest absolute Gasteiger partial charge is 0.444 e. The maximum atomic E-state index is 12.5. The molecule has 0 saturated heterocycles. The highest BCUT2D eigenvalue weighted by Gasteiger charge is 2.56. The molecule has 0 radical (unpaired) electrons. The van der Waals surface area contributed by atoms with Crippen LogP contribution in [0.2, 0.25) is 0 Å². The minimum Gasteiger partial charge on any atom is -0.444 e. The molecule has 1 aromatic carbocycles. The van der Waals surface area contributed by atoms with Crippen molar-refractivity contribution in [3.8, 4) is 0 Å². The van der Waals surface area contributed by atoms with E-state index in [1.165, 1.54) is 21.1 Å². The van der Waals surface area contributed by atoms with E-state index >= 15 is 0 Å². The van der Waals surface area contributed by atoms with Gasteiger partial charge in [-0.3, -0.25) is 4.79 Å². The summed E-state index contributed by atoms with van der Waals surface area (Å²) in [5.41, 5.74) is 4.06. The monoisotopic (exact) mass is 352 g/mol. The zero-order valence-corrected chi connectivity index (χ0v) is 15.7. The Bertz CT molecular complexity index is 593. The van der Waals surface area contributed by atoms with Gasteiger partial charge in [0.05, 0.1) is 0 Å². The molecule has 3 N–H and O–H groups in total. The summed E-state index contributed by atoms with van der Waals surface area (Å²) in [7, 11) is 2.76. The maximum absolute atomic E-state index is 12.5. The first-order valence-corrected chi connectivity index (χ1v) is 7.95. The van der Waals surface area contributed by atoms with Crippen molar-refractivity contribution in [2.45, 2.75) is 51.0 Å². The van der Waals surface area contributed by atoms with E-state index in [0.29, 0.717) is 0 Å². The van der Waals surface area contributed by atoms with Crippen LogP contribution < -0.4 is 11.1 Å². The zero-order valence-electron chi connectivity index (χ0n) is 15.7. The molecule has 0 spiro atoms. The minimum absolute atomic E-state index is 0.0700. The second-order valence-electron chi connectivity index (χ2n) is 6.91. The smallest absolute Gasteiger partial charge is 0.408 e. The van der Waals surface area contributed by atoms with Crippen LogP contribution >= 0.6 is 0 Å². The zero-order chi connectivity index (χ0) is 19.3. The third kappa shape index (κ3) is 4.93. The van der Waals surface area contributed by atoms with E-state index in [9.17, 15) is 9.59 Å². The van der Waals surface area contributed by atoms with Crippen molar-refractivity contribution in [1.82, 2.24) is 5.32 Å². The molecule has 0 saturated carbocycles. The lowest BCUT2D eigenvalue weighted by Gasteiger charge is -2.44. The highest BCUT2D eigenvalue weighted by molar-refractivity contribution is 5.90. The molecule has 1 unspecified atom stereocenters. The lowest BCUT2D eigenvalue weighted by atomic mass is 9.82. The van der Waals surface area contributed by atoms with Crippen LogP contribution in [-0.2, 0) is 25.4 Å². The average molecular weight is 352 g/mol. The predicted molar refractivity (Wildman–Crippen MR) is 93.9 cm³/mol. The first-order chi connectivity index (χ1) is 11.5. The summed E-state index contributed by atoms with van der Waals surface area (Å²) in [5, 5.41) is 2.59. The van der Waals surface area contributed by atoms with Gasteiger partial charge in [-0.15, -0.1) is 0 Å². The van der Waals surface area contributed by atoms with Crippen LogP contribution in [0.4, 0.5) is 4.79 Å². The van der Waals surface area contributed by atoms with Crippen LogP contribution in [0.1, 0.15) is 33.3 Å². The van der Waals surface area contributed by atoms with Gasteiger partial charge in [-0.25, -0.2) is 4.79 Å². The van der Waals surface area contributed by atoms with Crippen molar-refractivity contribution >= 4 is 12.0 Å². The summed E-state index contributed by atoms with van der Waals surface area (Å²) >= 11 is 0. The number of hydrogen-bond acceptors (Lipinski definition) is 5. The molecule has 1 rings (SSSR count). The highest BCUT2D eigenvalue weighted by Crippen LogP contribution is 2.31. The number of ether oxygens (including phenoxy) is 3. The van der Waals surface area contributed by atoms with E-state index in [1.807, 2.05) is 30.3 Å². The maximum Gasteiger partial charge on any atom is 0.408 e. The van der Waals surface area contributed by atoms with Crippen molar-refractivity contribution < 1.29 is 23.8 Å². The van der Waals surface area contributed by atoms with Crippen LogP contribution in [0.25, 0.3) is 0 Å². The number of rotatable bonds is 7. The van der Waals surface area contributed by atoms with Gasteiger partial charge in [-0.2, -0.15) is 0 Å². The second kappa shape index (κ2) is 7.84. The Hall–Kier alpha value is -2.12. The Labute approximate surface area is 148 Å². The number of benzene rings is 1. The van der Waals surface area contributed by atoms with Crippen molar-refractivity contribution in [2.24, 2.45) is 5.73 Å². The quantitative estimate of drug-likeness (QED) is 0.731. The van der Waals surface area contributed by atoms with Crippen LogP contribution in [-0.4, -0.2) is 43.1 Å². The number of carbonyl (C=O) groups is 2. The van der Waals surface area contributed by atoms with E-state index in [-0.39, 0.29) is 6.42 Å². The molecule has 1 atom stereocenters. The molecule has 7 heteroatoms. The Morgan fingerprint density at radius 1 is 1.04 bits per heavy atom. The summed E-state index contributed by atoms with van der Waals surface area (Å²) in [4.78, 5) is 24.9. The molecular formula is C18H28N2O5.